The summed E-state index contributed by atoms with van der Waals surface area (Å²) in [4.78, 5) is 12.2. The molecule has 0 radical (unpaired) electrons. The van der Waals surface area contributed by atoms with Gasteiger partial charge in [-0.3, -0.25) is 4.79 Å². The number of nitriles is 1. The molecule has 0 saturated carbocycles. The van der Waals surface area contributed by atoms with E-state index in [2.05, 4.69) is 21.2 Å². The maximum absolute atomic E-state index is 12.2. The molecule has 2 aromatic rings. The van der Waals surface area contributed by atoms with Crippen LogP contribution in [0.1, 0.15) is 24.1 Å². The second-order valence-corrected chi connectivity index (χ2v) is 5.75. The Balaban J connectivity index is 2.14. The van der Waals surface area contributed by atoms with Crippen LogP contribution >= 0.6 is 15.9 Å². The van der Waals surface area contributed by atoms with Gasteiger partial charge in [-0.2, -0.15) is 5.26 Å². The molecule has 0 heterocycles. The molecule has 1 amide bonds. The molecule has 0 bridgehead atoms. The van der Waals surface area contributed by atoms with E-state index in [1.807, 2.05) is 67.6 Å². The van der Waals surface area contributed by atoms with Crippen molar-refractivity contribution in [1.29, 1.82) is 5.26 Å². The van der Waals surface area contributed by atoms with Gasteiger partial charge in [0.05, 0.1) is 6.04 Å². The normalized spacial score (nSPS) is 12.3. The maximum atomic E-state index is 12.2. The molecular formula is C18H15BrN2O. The number of carbonyl (C=O) groups is 1. The number of benzene rings is 2. The number of hydrogen-bond donors (Lipinski definition) is 1. The topological polar surface area (TPSA) is 52.9 Å². The Bertz CT molecular complexity index is 732. The molecule has 2 rings (SSSR count). The minimum Gasteiger partial charge on any atom is -0.345 e. The van der Waals surface area contributed by atoms with Gasteiger partial charge in [-0.1, -0.05) is 58.4 Å². The second kappa shape index (κ2) is 7.58. The van der Waals surface area contributed by atoms with Gasteiger partial charge >= 0.3 is 0 Å². The summed E-state index contributed by atoms with van der Waals surface area (Å²) in [6, 6.07) is 18.9. The van der Waals surface area contributed by atoms with Crippen LogP contribution in [0.15, 0.2) is 64.6 Å². The molecule has 0 saturated heterocycles. The molecule has 4 heteroatoms. The predicted octanol–water partition coefficient (Wildman–Crippen LogP) is 4.23. The SMILES string of the molecule is CC(NC(=O)/C(C#N)=C/c1cccc(Br)c1)c1ccccc1. The lowest BCUT2D eigenvalue weighted by molar-refractivity contribution is -0.117. The van der Waals surface area contributed by atoms with E-state index in [9.17, 15) is 10.1 Å². The third-order valence-electron chi connectivity index (χ3n) is 3.17. The summed E-state index contributed by atoms with van der Waals surface area (Å²) >= 11 is 3.37. The van der Waals surface area contributed by atoms with Crippen molar-refractivity contribution >= 4 is 27.9 Å². The van der Waals surface area contributed by atoms with Crippen LogP contribution in [0, 0.1) is 11.3 Å². The van der Waals surface area contributed by atoms with E-state index in [4.69, 9.17) is 0 Å². The largest absolute Gasteiger partial charge is 0.345 e. The van der Waals surface area contributed by atoms with Crippen molar-refractivity contribution in [3.63, 3.8) is 0 Å². The van der Waals surface area contributed by atoms with Crippen LogP contribution in [0.2, 0.25) is 0 Å². The fraction of sp³-hybridized carbons (Fsp3) is 0.111. The highest BCUT2D eigenvalue weighted by Crippen LogP contribution is 2.16. The van der Waals surface area contributed by atoms with Crippen molar-refractivity contribution < 1.29 is 4.79 Å². The summed E-state index contributed by atoms with van der Waals surface area (Å²) in [6.07, 6.45) is 1.58. The molecule has 2 aromatic carbocycles. The lowest BCUT2D eigenvalue weighted by Crippen LogP contribution is -2.27. The average molecular weight is 355 g/mol. The summed E-state index contributed by atoms with van der Waals surface area (Å²) in [5.41, 5.74) is 1.88. The van der Waals surface area contributed by atoms with Crippen molar-refractivity contribution in [2.24, 2.45) is 0 Å². The molecule has 0 spiro atoms. The van der Waals surface area contributed by atoms with Gasteiger partial charge in [-0.25, -0.2) is 0 Å². The van der Waals surface area contributed by atoms with Crippen LogP contribution in [0.3, 0.4) is 0 Å². The molecule has 0 aliphatic carbocycles. The Morgan fingerprint density at radius 2 is 1.95 bits per heavy atom. The Kier molecular flexibility index (Phi) is 5.51. The number of rotatable bonds is 4. The third-order valence-corrected chi connectivity index (χ3v) is 3.67. The van der Waals surface area contributed by atoms with Crippen LogP contribution in [-0.2, 0) is 4.79 Å². The first kappa shape index (κ1) is 16.0. The van der Waals surface area contributed by atoms with E-state index in [0.29, 0.717) is 0 Å². The van der Waals surface area contributed by atoms with Crippen LogP contribution in [0.5, 0.6) is 0 Å². The highest BCUT2D eigenvalue weighted by molar-refractivity contribution is 9.10. The number of hydrogen-bond acceptors (Lipinski definition) is 2. The molecule has 3 nitrogen and oxygen atoms in total. The van der Waals surface area contributed by atoms with Gasteiger partial charge in [0, 0.05) is 4.47 Å². The van der Waals surface area contributed by atoms with Crippen LogP contribution < -0.4 is 5.32 Å². The number of amides is 1. The van der Waals surface area contributed by atoms with E-state index in [1.165, 1.54) is 0 Å². The summed E-state index contributed by atoms with van der Waals surface area (Å²) in [6.45, 7) is 1.89. The van der Waals surface area contributed by atoms with Gasteiger partial charge in [0.15, 0.2) is 0 Å². The Hall–Kier alpha value is -2.38. The zero-order valence-electron chi connectivity index (χ0n) is 12.1. The number of nitrogens with zero attached hydrogens (tertiary/aromatic N) is 1. The first-order valence-corrected chi connectivity index (χ1v) is 7.62. The first-order chi connectivity index (χ1) is 10.6. The first-order valence-electron chi connectivity index (χ1n) is 6.83. The van der Waals surface area contributed by atoms with Crippen LogP contribution in [0.25, 0.3) is 6.08 Å². The monoisotopic (exact) mass is 354 g/mol. The van der Waals surface area contributed by atoms with E-state index >= 15 is 0 Å². The fourth-order valence-electron chi connectivity index (χ4n) is 2.01. The number of halogens is 1. The highest BCUT2D eigenvalue weighted by Gasteiger charge is 2.13. The summed E-state index contributed by atoms with van der Waals surface area (Å²) in [5, 5.41) is 12.1. The van der Waals surface area contributed by atoms with Gasteiger partial charge in [0.2, 0.25) is 0 Å². The highest BCUT2D eigenvalue weighted by atomic mass is 79.9. The smallest absolute Gasteiger partial charge is 0.262 e. The lowest BCUT2D eigenvalue weighted by Gasteiger charge is -2.13. The molecule has 22 heavy (non-hydrogen) atoms. The molecular weight excluding hydrogens is 340 g/mol. The van der Waals surface area contributed by atoms with E-state index in [1.54, 1.807) is 6.08 Å². The Morgan fingerprint density at radius 1 is 1.23 bits per heavy atom. The average Bonchev–Trinajstić information content (AvgIpc) is 2.53. The molecule has 110 valence electrons. The molecule has 0 aliphatic heterocycles. The molecule has 1 atom stereocenters. The van der Waals surface area contributed by atoms with Crippen molar-refractivity contribution in [1.82, 2.24) is 5.32 Å². The number of carbonyl (C=O) groups excluding carboxylic acids is 1. The van der Waals surface area contributed by atoms with Crippen LogP contribution in [0.4, 0.5) is 0 Å². The lowest BCUT2D eigenvalue weighted by atomic mass is 10.1. The van der Waals surface area contributed by atoms with Crippen molar-refractivity contribution in [3.05, 3.63) is 75.8 Å². The minimum absolute atomic E-state index is 0.0841. The fourth-order valence-corrected chi connectivity index (χ4v) is 2.43. The van der Waals surface area contributed by atoms with Crippen molar-refractivity contribution in [3.8, 4) is 6.07 Å². The third kappa shape index (κ3) is 4.31. The Morgan fingerprint density at radius 3 is 2.59 bits per heavy atom. The van der Waals surface area contributed by atoms with Gasteiger partial charge in [-0.15, -0.1) is 0 Å². The van der Waals surface area contributed by atoms with E-state index < -0.39 is 0 Å². The standard InChI is InChI=1S/C18H15BrN2O/c1-13(15-7-3-2-4-8-15)21-18(22)16(12-20)10-14-6-5-9-17(19)11-14/h2-11,13H,1H3,(H,21,22)/b16-10+. The quantitative estimate of drug-likeness (QED) is 0.659. The minimum atomic E-state index is -0.376. The van der Waals surface area contributed by atoms with Gasteiger partial charge < -0.3 is 5.32 Å². The van der Waals surface area contributed by atoms with Crippen LogP contribution in [-0.4, -0.2) is 5.91 Å². The summed E-state index contributed by atoms with van der Waals surface area (Å²) in [5.74, 6) is -0.376. The molecule has 0 fully saturated rings. The molecule has 1 unspecified atom stereocenters. The van der Waals surface area contributed by atoms with E-state index in [0.717, 1.165) is 15.6 Å². The van der Waals surface area contributed by atoms with E-state index in [-0.39, 0.29) is 17.5 Å². The maximum Gasteiger partial charge on any atom is 0.262 e. The molecule has 1 N–H and O–H groups in total. The molecule has 0 aliphatic rings. The van der Waals surface area contributed by atoms with Gasteiger partial charge in [-0.05, 0) is 36.3 Å². The summed E-state index contributed by atoms with van der Waals surface area (Å²) < 4.78 is 0.900. The second-order valence-electron chi connectivity index (χ2n) is 4.83. The molecule has 0 aromatic heterocycles. The predicted molar refractivity (Wildman–Crippen MR) is 90.7 cm³/mol. The van der Waals surface area contributed by atoms with Crippen molar-refractivity contribution in [2.75, 3.05) is 0 Å². The van der Waals surface area contributed by atoms with Gasteiger partial charge in [0.25, 0.3) is 5.91 Å². The Labute approximate surface area is 138 Å². The zero-order chi connectivity index (χ0) is 15.9. The van der Waals surface area contributed by atoms with Crippen molar-refractivity contribution in [2.45, 2.75) is 13.0 Å². The van der Waals surface area contributed by atoms with Gasteiger partial charge in [0.1, 0.15) is 11.6 Å². The number of nitrogens with one attached hydrogen (secondary N) is 1. The zero-order valence-corrected chi connectivity index (χ0v) is 13.7. The summed E-state index contributed by atoms with van der Waals surface area (Å²) in [7, 11) is 0.